The highest BCUT2D eigenvalue weighted by molar-refractivity contribution is 5.91. The third-order valence-corrected chi connectivity index (χ3v) is 5.66. The van der Waals surface area contributed by atoms with Gasteiger partial charge in [0.2, 0.25) is 0 Å². The Bertz CT molecular complexity index is 975. The molecule has 2 aromatic rings. The van der Waals surface area contributed by atoms with E-state index in [0.717, 1.165) is 58.5 Å². The predicted molar refractivity (Wildman–Crippen MR) is 128 cm³/mol. The molecule has 2 rings (SSSR count). The lowest BCUT2D eigenvalue weighted by molar-refractivity contribution is -0.136. The monoisotopic (exact) mass is 423 g/mol. The van der Waals surface area contributed by atoms with Gasteiger partial charge in [0.15, 0.2) is 0 Å². The lowest BCUT2D eigenvalue weighted by atomic mass is 9.92. The molecule has 0 aliphatic heterocycles. The van der Waals surface area contributed by atoms with Crippen molar-refractivity contribution < 1.29 is 14.3 Å². The first kappa shape index (κ1) is 24.5. The van der Waals surface area contributed by atoms with Crippen LogP contribution in [-0.4, -0.2) is 16.8 Å². The summed E-state index contributed by atoms with van der Waals surface area (Å²) in [6.07, 6.45) is 5.67. The van der Waals surface area contributed by atoms with Crippen LogP contribution in [0.15, 0.2) is 47.5 Å². The van der Waals surface area contributed by atoms with Gasteiger partial charge < -0.3 is 5.11 Å². The van der Waals surface area contributed by atoms with E-state index in [1.54, 1.807) is 6.07 Å². The van der Waals surface area contributed by atoms with E-state index in [1.807, 2.05) is 26.0 Å². The molecule has 0 bridgehead atoms. The average Bonchev–Trinajstić information content (AvgIpc) is 2.73. The van der Waals surface area contributed by atoms with Crippen LogP contribution in [0.2, 0.25) is 0 Å². The summed E-state index contributed by atoms with van der Waals surface area (Å²) in [5.41, 5.74) is 6.96. The summed E-state index contributed by atoms with van der Waals surface area (Å²) < 4.78 is 13.6. The minimum absolute atomic E-state index is 0.0913. The molecule has 4 heteroatoms. The number of hydrogen-bond acceptors (Lipinski definition) is 2. The maximum atomic E-state index is 13.6. The maximum Gasteiger partial charge on any atom is 0.303 e. The minimum Gasteiger partial charge on any atom is -0.481 e. The van der Waals surface area contributed by atoms with Crippen molar-refractivity contribution in [3.63, 3.8) is 0 Å². The third-order valence-electron chi connectivity index (χ3n) is 5.66. The van der Waals surface area contributed by atoms with Crippen LogP contribution >= 0.6 is 0 Å². The van der Waals surface area contributed by atoms with Crippen molar-refractivity contribution in [1.29, 1.82) is 0 Å². The quantitative estimate of drug-likeness (QED) is 0.399. The Labute approximate surface area is 185 Å². The molecule has 0 aromatic heterocycles. The van der Waals surface area contributed by atoms with Crippen LogP contribution < -0.4 is 0 Å². The number of aliphatic carboxylic acids is 1. The highest BCUT2D eigenvalue weighted by atomic mass is 19.1. The number of aliphatic imine (C=N–C) groups is 1. The number of allylic oxidation sites excluding steroid dienone is 1. The summed E-state index contributed by atoms with van der Waals surface area (Å²) in [5, 5.41) is 9.07. The normalized spacial score (nSPS) is 13.4. The van der Waals surface area contributed by atoms with Crippen LogP contribution in [0.25, 0.3) is 5.57 Å². The molecule has 166 valence electrons. The van der Waals surface area contributed by atoms with E-state index >= 15 is 0 Å². The fourth-order valence-electron chi connectivity index (χ4n) is 3.59. The van der Waals surface area contributed by atoms with Gasteiger partial charge in [-0.1, -0.05) is 45.4 Å². The van der Waals surface area contributed by atoms with Gasteiger partial charge in [0.25, 0.3) is 0 Å². The van der Waals surface area contributed by atoms with E-state index in [-0.39, 0.29) is 18.2 Å². The molecule has 0 aliphatic carbocycles. The molecule has 31 heavy (non-hydrogen) atoms. The molecule has 1 N–H and O–H groups in total. The number of benzene rings is 2. The summed E-state index contributed by atoms with van der Waals surface area (Å²) in [4.78, 5) is 15.9. The maximum absolute atomic E-state index is 13.6. The number of unbranched alkanes of at least 4 members (excludes halogenated alkanes) is 1. The Balaban J connectivity index is 2.46. The lowest BCUT2D eigenvalue weighted by Crippen LogP contribution is -2.12. The molecule has 0 radical (unpaired) electrons. The largest absolute Gasteiger partial charge is 0.481 e. The molecular formula is C27H34FNO2. The van der Waals surface area contributed by atoms with Crippen molar-refractivity contribution in [2.24, 2.45) is 10.9 Å². The number of carbonyl (C=O) groups is 1. The van der Waals surface area contributed by atoms with Gasteiger partial charge in [0.1, 0.15) is 5.82 Å². The zero-order chi connectivity index (χ0) is 23.0. The number of carboxylic acid groups (broad SMARTS) is 1. The van der Waals surface area contributed by atoms with Crippen molar-refractivity contribution in [2.45, 2.75) is 66.7 Å². The van der Waals surface area contributed by atoms with E-state index in [0.29, 0.717) is 6.42 Å². The summed E-state index contributed by atoms with van der Waals surface area (Å²) in [7, 11) is 0. The first-order valence-corrected chi connectivity index (χ1v) is 11.1. The minimum atomic E-state index is -0.802. The second-order valence-corrected chi connectivity index (χ2v) is 8.17. The van der Waals surface area contributed by atoms with E-state index < -0.39 is 5.97 Å². The van der Waals surface area contributed by atoms with Gasteiger partial charge in [-0.2, -0.15) is 0 Å². The Hall–Kier alpha value is -2.75. The van der Waals surface area contributed by atoms with Crippen LogP contribution in [0.1, 0.15) is 75.1 Å². The van der Waals surface area contributed by atoms with Crippen molar-refractivity contribution in [2.75, 3.05) is 0 Å². The van der Waals surface area contributed by atoms with Gasteiger partial charge in [0.05, 0.1) is 12.1 Å². The van der Waals surface area contributed by atoms with Crippen molar-refractivity contribution in [1.82, 2.24) is 0 Å². The molecule has 0 amide bonds. The molecule has 0 saturated heterocycles. The van der Waals surface area contributed by atoms with Crippen molar-refractivity contribution >= 4 is 22.9 Å². The number of hydrogen-bond donors (Lipinski definition) is 1. The predicted octanol–water partition coefficient (Wildman–Crippen LogP) is 7.66. The summed E-state index contributed by atoms with van der Waals surface area (Å²) in [6, 6.07) is 11.1. The molecule has 3 nitrogen and oxygen atoms in total. The van der Waals surface area contributed by atoms with E-state index in [4.69, 9.17) is 10.1 Å². The van der Waals surface area contributed by atoms with Gasteiger partial charge in [-0.15, -0.1) is 0 Å². The van der Waals surface area contributed by atoms with Crippen LogP contribution in [0.4, 0.5) is 10.1 Å². The Morgan fingerprint density at radius 1 is 1.10 bits per heavy atom. The molecule has 2 aromatic carbocycles. The highest BCUT2D eigenvalue weighted by Gasteiger charge is 2.13. The number of rotatable bonds is 10. The highest BCUT2D eigenvalue weighted by Crippen LogP contribution is 2.31. The fraction of sp³-hybridized carbons (Fsp3) is 0.407. The lowest BCUT2D eigenvalue weighted by Gasteiger charge is -2.15. The van der Waals surface area contributed by atoms with Crippen LogP contribution in [0, 0.1) is 25.6 Å². The third kappa shape index (κ3) is 6.88. The SMILES string of the molecule is CCC/C=C(/c1ccc(N=C(CCC(=O)O)C(C)CC)c(C)c1)c1ccc(F)cc1C. The number of halogens is 1. The van der Waals surface area contributed by atoms with E-state index in [2.05, 4.69) is 39.0 Å². The molecule has 0 heterocycles. The molecule has 1 atom stereocenters. The van der Waals surface area contributed by atoms with E-state index in [1.165, 1.54) is 6.07 Å². The summed E-state index contributed by atoms with van der Waals surface area (Å²) >= 11 is 0. The second-order valence-electron chi connectivity index (χ2n) is 8.17. The molecular weight excluding hydrogens is 389 g/mol. The van der Waals surface area contributed by atoms with Crippen LogP contribution in [0.3, 0.4) is 0 Å². The van der Waals surface area contributed by atoms with Gasteiger partial charge in [0, 0.05) is 5.71 Å². The van der Waals surface area contributed by atoms with Crippen molar-refractivity contribution in [3.05, 3.63) is 70.5 Å². The smallest absolute Gasteiger partial charge is 0.303 e. The molecule has 0 saturated carbocycles. The number of carboxylic acids is 1. The number of aryl methyl sites for hydroxylation is 2. The molecule has 0 fully saturated rings. The van der Waals surface area contributed by atoms with Gasteiger partial charge in [-0.05, 0) is 91.1 Å². The standard InChI is InChI=1S/C27H34FNO2/c1-6-8-9-24(23-12-11-22(28)17-19(23)4)21-10-13-26(20(5)16-21)29-25(18(3)7-2)14-15-27(30)31/h9-13,16-18H,6-8,14-15H2,1-5H3,(H,30,31)/b24-9-,29-25?. The van der Waals surface area contributed by atoms with E-state index in [9.17, 15) is 9.18 Å². The topological polar surface area (TPSA) is 49.7 Å². The second kappa shape index (κ2) is 11.6. The Morgan fingerprint density at radius 3 is 2.42 bits per heavy atom. The summed E-state index contributed by atoms with van der Waals surface area (Å²) in [6.45, 7) is 10.3. The fourth-order valence-corrected chi connectivity index (χ4v) is 3.59. The van der Waals surface area contributed by atoms with Crippen molar-refractivity contribution in [3.8, 4) is 0 Å². The first-order chi connectivity index (χ1) is 14.8. The Kier molecular flexibility index (Phi) is 9.17. The van der Waals surface area contributed by atoms with Gasteiger partial charge in [-0.3, -0.25) is 9.79 Å². The zero-order valence-electron chi connectivity index (χ0n) is 19.3. The molecule has 0 spiro atoms. The molecule has 1 unspecified atom stereocenters. The number of nitrogens with zero attached hydrogens (tertiary/aromatic N) is 1. The Morgan fingerprint density at radius 2 is 1.84 bits per heavy atom. The zero-order valence-corrected chi connectivity index (χ0v) is 19.3. The van der Waals surface area contributed by atoms with Crippen LogP contribution in [0.5, 0.6) is 0 Å². The van der Waals surface area contributed by atoms with Gasteiger partial charge >= 0.3 is 5.97 Å². The van der Waals surface area contributed by atoms with Crippen LogP contribution in [-0.2, 0) is 4.79 Å². The van der Waals surface area contributed by atoms with Gasteiger partial charge in [-0.25, -0.2) is 4.39 Å². The summed E-state index contributed by atoms with van der Waals surface area (Å²) in [5.74, 6) is -0.792. The molecule has 0 aliphatic rings. The average molecular weight is 424 g/mol. The first-order valence-electron chi connectivity index (χ1n) is 11.1.